The maximum Gasteiger partial charge on any atom is 0.310 e. The van der Waals surface area contributed by atoms with Crippen LogP contribution in [0.3, 0.4) is 0 Å². The van der Waals surface area contributed by atoms with E-state index in [4.69, 9.17) is 4.74 Å². The SMILES string of the molecule is CCOC(=O)Cc1c(F)ccc([N+](=O)[O-])c1CBr. The van der Waals surface area contributed by atoms with E-state index in [1.807, 2.05) is 0 Å². The molecule has 0 atom stereocenters. The molecule has 0 aliphatic carbocycles. The highest BCUT2D eigenvalue weighted by molar-refractivity contribution is 9.08. The Morgan fingerprint density at radius 3 is 2.67 bits per heavy atom. The molecule has 0 aliphatic rings. The first-order chi connectivity index (χ1) is 8.51. The van der Waals surface area contributed by atoms with Gasteiger partial charge in [0, 0.05) is 22.5 Å². The molecule has 0 unspecified atom stereocenters. The van der Waals surface area contributed by atoms with E-state index in [1.165, 1.54) is 0 Å². The van der Waals surface area contributed by atoms with E-state index in [0.29, 0.717) is 0 Å². The van der Waals surface area contributed by atoms with Gasteiger partial charge < -0.3 is 4.74 Å². The van der Waals surface area contributed by atoms with Crippen LogP contribution in [0.1, 0.15) is 18.1 Å². The van der Waals surface area contributed by atoms with Gasteiger partial charge in [-0.3, -0.25) is 14.9 Å². The van der Waals surface area contributed by atoms with Gasteiger partial charge in [-0.15, -0.1) is 0 Å². The molecule has 0 radical (unpaired) electrons. The number of hydrogen-bond acceptors (Lipinski definition) is 4. The standard InChI is InChI=1S/C11H11BrFNO4/c1-2-18-11(15)5-7-8(6-12)10(14(16)17)4-3-9(7)13/h3-4H,2,5-6H2,1H3. The number of rotatable bonds is 5. The van der Waals surface area contributed by atoms with Gasteiger partial charge in [-0.1, -0.05) is 15.9 Å². The molecule has 0 bridgehead atoms. The Morgan fingerprint density at radius 1 is 1.50 bits per heavy atom. The van der Waals surface area contributed by atoms with Crippen molar-refractivity contribution in [1.82, 2.24) is 0 Å². The van der Waals surface area contributed by atoms with E-state index >= 15 is 0 Å². The van der Waals surface area contributed by atoms with Crippen LogP contribution >= 0.6 is 15.9 Å². The molecule has 0 heterocycles. The third kappa shape index (κ3) is 3.25. The quantitative estimate of drug-likeness (QED) is 0.362. The van der Waals surface area contributed by atoms with Crippen molar-refractivity contribution in [3.05, 3.63) is 39.2 Å². The molecular formula is C11H11BrFNO4. The molecule has 1 aromatic rings. The van der Waals surface area contributed by atoms with Crippen LogP contribution in [-0.2, 0) is 21.3 Å². The zero-order valence-corrected chi connectivity index (χ0v) is 11.2. The summed E-state index contributed by atoms with van der Waals surface area (Å²) in [6.45, 7) is 1.81. The van der Waals surface area contributed by atoms with Crippen molar-refractivity contribution >= 4 is 27.6 Å². The number of benzene rings is 1. The maximum absolute atomic E-state index is 13.6. The number of nitro benzene ring substituents is 1. The molecule has 0 amide bonds. The van der Waals surface area contributed by atoms with Crippen molar-refractivity contribution in [2.24, 2.45) is 0 Å². The van der Waals surface area contributed by atoms with Crippen LogP contribution < -0.4 is 0 Å². The van der Waals surface area contributed by atoms with Crippen LogP contribution in [0.25, 0.3) is 0 Å². The van der Waals surface area contributed by atoms with Gasteiger partial charge in [0.1, 0.15) is 5.82 Å². The number of ether oxygens (including phenoxy) is 1. The molecule has 0 aliphatic heterocycles. The van der Waals surface area contributed by atoms with Crippen molar-refractivity contribution in [3.8, 4) is 0 Å². The van der Waals surface area contributed by atoms with Gasteiger partial charge in [-0.25, -0.2) is 4.39 Å². The molecule has 0 fully saturated rings. The number of carbonyl (C=O) groups is 1. The number of alkyl halides is 1. The first kappa shape index (κ1) is 14.6. The number of nitro groups is 1. The van der Waals surface area contributed by atoms with Crippen LogP contribution in [0.2, 0.25) is 0 Å². The summed E-state index contributed by atoms with van der Waals surface area (Å²) in [5, 5.41) is 10.9. The van der Waals surface area contributed by atoms with Gasteiger partial charge in [0.15, 0.2) is 0 Å². The first-order valence-corrected chi connectivity index (χ1v) is 6.29. The van der Waals surface area contributed by atoms with E-state index in [1.54, 1.807) is 6.92 Å². The normalized spacial score (nSPS) is 10.2. The summed E-state index contributed by atoms with van der Waals surface area (Å²) in [7, 11) is 0. The monoisotopic (exact) mass is 319 g/mol. The van der Waals surface area contributed by atoms with E-state index in [9.17, 15) is 19.3 Å². The van der Waals surface area contributed by atoms with Crippen LogP contribution in [0.4, 0.5) is 10.1 Å². The number of carbonyl (C=O) groups excluding carboxylic acids is 1. The van der Waals surface area contributed by atoms with Crippen molar-refractivity contribution < 1.29 is 18.8 Å². The molecule has 7 heteroatoms. The number of halogens is 2. The minimum atomic E-state index is -0.650. The lowest BCUT2D eigenvalue weighted by molar-refractivity contribution is -0.385. The van der Waals surface area contributed by atoms with E-state index < -0.39 is 16.7 Å². The van der Waals surface area contributed by atoms with Crippen molar-refractivity contribution in [1.29, 1.82) is 0 Å². The van der Waals surface area contributed by atoms with Gasteiger partial charge >= 0.3 is 5.97 Å². The maximum atomic E-state index is 13.6. The average molecular weight is 320 g/mol. The van der Waals surface area contributed by atoms with Crippen LogP contribution in [-0.4, -0.2) is 17.5 Å². The Bertz CT molecular complexity index is 478. The van der Waals surface area contributed by atoms with Crippen LogP contribution in [0.5, 0.6) is 0 Å². The van der Waals surface area contributed by atoms with E-state index in [-0.39, 0.29) is 35.2 Å². The zero-order chi connectivity index (χ0) is 13.7. The topological polar surface area (TPSA) is 69.4 Å². The van der Waals surface area contributed by atoms with E-state index in [0.717, 1.165) is 12.1 Å². The molecule has 0 aromatic heterocycles. The van der Waals surface area contributed by atoms with Gasteiger partial charge in [-0.2, -0.15) is 0 Å². The van der Waals surface area contributed by atoms with Crippen molar-refractivity contribution in [2.45, 2.75) is 18.7 Å². The van der Waals surface area contributed by atoms with Gasteiger partial charge in [0.25, 0.3) is 5.69 Å². The highest BCUT2D eigenvalue weighted by atomic mass is 79.9. The Kier molecular flexibility index (Phi) is 5.21. The summed E-state index contributed by atoms with van der Waals surface area (Å²) in [6, 6.07) is 2.07. The largest absolute Gasteiger partial charge is 0.466 e. The lowest BCUT2D eigenvalue weighted by Gasteiger charge is -2.08. The summed E-state index contributed by atoms with van der Waals surface area (Å²) >= 11 is 3.07. The summed E-state index contributed by atoms with van der Waals surface area (Å²) in [5.41, 5.74) is -0.0554. The molecule has 0 N–H and O–H groups in total. The third-order valence-corrected chi connectivity index (χ3v) is 2.87. The highest BCUT2D eigenvalue weighted by Crippen LogP contribution is 2.27. The van der Waals surface area contributed by atoms with E-state index in [2.05, 4.69) is 15.9 Å². The lowest BCUT2D eigenvalue weighted by atomic mass is 10.0. The lowest BCUT2D eigenvalue weighted by Crippen LogP contribution is -2.11. The highest BCUT2D eigenvalue weighted by Gasteiger charge is 2.22. The Hall–Kier alpha value is -1.50. The average Bonchev–Trinajstić information content (AvgIpc) is 2.31. The van der Waals surface area contributed by atoms with Crippen molar-refractivity contribution in [2.75, 3.05) is 6.61 Å². The minimum Gasteiger partial charge on any atom is -0.466 e. The second kappa shape index (κ2) is 6.44. The molecule has 5 nitrogen and oxygen atoms in total. The fourth-order valence-electron chi connectivity index (χ4n) is 1.52. The predicted octanol–water partition coefficient (Wildman–Crippen LogP) is 2.73. The molecule has 0 saturated carbocycles. The zero-order valence-electron chi connectivity index (χ0n) is 9.61. The van der Waals surface area contributed by atoms with Gasteiger partial charge in [0.2, 0.25) is 0 Å². The number of nitrogens with zero attached hydrogens (tertiary/aromatic N) is 1. The third-order valence-electron chi connectivity index (χ3n) is 2.31. The number of esters is 1. The van der Waals surface area contributed by atoms with Gasteiger partial charge in [-0.05, 0) is 13.0 Å². The fraction of sp³-hybridized carbons (Fsp3) is 0.364. The Balaban J connectivity index is 3.19. The molecule has 0 spiro atoms. The van der Waals surface area contributed by atoms with Crippen LogP contribution in [0, 0.1) is 15.9 Å². The second-order valence-corrected chi connectivity index (χ2v) is 3.96. The summed E-state index contributed by atoms with van der Waals surface area (Å²) in [6.07, 6.45) is -0.317. The molecule has 18 heavy (non-hydrogen) atoms. The molecule has 0 saturated heterocycles. The number of hydrogen-bond donors (Lipinski definition) is 0. The fourth-order valence-corrected chi connectivity index (χ4v) is 2.15. The summed E-state index contributed by atoms with van der Waals surface area (Å²) in [4.78, 5) is 21.5. The Morgan fingerprint density at radius 2 is 2.17 bits per heavy atom. The Labute approximate surface area is 111 Å². The smallest absolute Gasteiger partial charge is 0.310 e. The molecule has 98 valence electrons. The summed E-state index contributed by atoms with van der Waals surface area (Å²) < 4.78 is 18.3. The first-order valence-electron chi connectivity index (χ1n) is 5.17. The molecule has 1 aromatic carbocycles. The second-order valence-electron chi connectivity index (χ2n) is 3.40. The molecule has 1 rings (SSSR count). The van der Waals surface area contributed by atoms with Crippen LogP contribution in [0.15, 0.2) is 12.1 Å². The minimum absolute atomic E-state index is 0.000440. The van der Waals surface area contributed by atoms with Crippen molar-refractivity contribution in [3.63, 3.8) is 0 Å². The summed E-state index contributed by atoms with van der Waals surface area (Å²) in [5.74, 6) is -1.26. The molecular weight excluding hydrogens is 309 g/mol. The predicted molar refractivity (Wildman–Crippen MR) is 66.0 cm³/mol. The van der Waals surface area contributed by atoms with Gasteiger partial charge in [0.05, 0.1) is 18.0 Å².